The number of benzene rings is 2. The van der Waals surface area contributed by atoms with Crippen LogP contribution in [0, 0.1) is 0 Å². The van der Waals surface area contributed by atoms with Crippen LogP contribution in [0.3, 0.4) is 0 Å². The first-order valence-corrected chi connectivity index (χ1v) is 11.5. The number of rotatable bonds is 8. The Kier molecular flexibility index (Phi) is 10.0. The standard InChI is InChI=1S/C23H18Cl4F6N2O/c1-11(34-10-22(28,29)30)12(2)35-21(36)15-5-3-13(7-17(15)24)4-6-16(23(31,32)33)14-8-18(25)20(27)19(26)9-14/h3-9,12,16,34H,1,10H2,2H3,(H,35,36)/b6-4+/t12-,16?/m1/s1. The molecule has 0 spiro atoms. The Hall–Kier alpha value is -2.07. The molecule has 3 nitrogen and oxygen atoms in total. The Balaban J connectivity index is 2.19. The molecule has 0 radical (unpaired) electrons. The minimum Gasteiger partial charge on any atom is -0.379 e. The lowest BCUT2D eigenvalue weighted by Gasteiger charge is -2.19. The summed E-state index contributed by atoms with van der Waals surface area (Å²) >= 11 is 23.7. The Labute approximate surface area is 223 Å². The maximum atomic E-state index is 13.7. The number of carbonyl (C=O) groups excluding carboxylic acids is 1. The molecule has 2 atom stereocenters. The van der Waals surface area contributed by atoms with Crippen LogP contribution in [0.15, 0.2) is 48.7 Å². The van der Waals surface area contributed by atoms with E-state index in [9.17, 15) is 31.1 Å². The minimum atomic E-state index is -4.68. The summed E-state index contributed by atoms with van der Waals surface area (Å²) in [6.45, 7) is 3.56. The lowest BCUT2D eigenvalue weighted by molar-refractivity contribution is -0.139. The van der Waals surface area contributed by atoms with Gasteiger partial charge in [0.15, 0.2) is 0 Å². The maximum Gasteiger partial charge on any atom is 0.405 e. The fourth-order valence-corrected chi connectivity index (χ4v) is 3.81. The second kappa shape index (κ2) is 12.0. The summed E-state index contributed by atoms with van der Waals surface area (Å²) in [6, 6.07) is 5.15. The highest BCUT2D eigenvalue weighted by Gasteiger charge is 2.39. The molecule has 2 rings (SSSR count). The number of hydrogen-bond acceptors (Lipinski definition) is 2. The van der Waals surface area contributed by atoms with Gasteiger partial charge in [0, 0.05) is 5.70 Å². The van der Waals surface area contributed by atoms with Crippen LogP contribution in [0.4, 0.5) is 26.3 Å². The number of halogens is 10. The van der Waals surface area contributed by atoms with Crippen molar-refractivity contribution < 1.29 is 31.1 Å². The van der Waals surface area contributed by atoms with E-state index < -0.39 is 36.8 Å². The topological polar surface area (TPSA) is 41.1 Å². The van der Waals surface area contributed by atoms with Gasteiger partial charge in [-0.2, -0.15) is 26.3 Å². The molecule has 0 fully saturated rings. The Morgan fingerprint density at radius 3 is 2.08 bits per heavy atom. The summed E-state index contributed by atoms with van der Waals surface area (Å²) in [5.41, 5.74) is -0.0836. The predicted octanol–water partition coefficient (Wildman–Crippen LogP) is 8.44. The fraction of sp³-hybridized carbons (Fsp3) is 0.261. The van der Waals surface area contributed by atoms with Gasteiger partial charge in [-0.15, -0.1) is 0 Å². The molecule has 0 bridgehead atoms. The third-order valence-electron chi connectivity index (χ3n) is 4.82. The Morgan fingerprint density at radius 2 is 1.58 bits per heavy atom. The lowest BCUT2D eigenvalue weighted by Crippen LogP contribution is -2.40. The first-order valence-electron chi connectivity index (χ1n) is 9.98. The van der Waals surface area contributed by atoms with Crippen molar-refractivity contribution in [3.8, 4) is 0 Å². The van der Waals surface area contributed by atoms with Crippen LogP contribution in [-0.2, 0) is 0 Å². The summed E-state index contributed by atoms with van der Waals surface area (Å²) in [5, 5.41) is 4.10. The van der Waals surface area contributed by atoms with Crippen molar-refractivity contribution in [3.63, 3.8) is 0 Å². The van der Waals surface area contributed by atoms with Gasteiger partial charge in [0.25, 0.3) is 5.91 Å². The van der Waals surface area contributed by atoms with Crippen LogP contribution in [0.25, 0.3) is 6.08 Å². The van der Waals surface area contributed by atoms with Crippen molar-refractivity contribution in [1.29, 1.82) is 0 Å². The molecule has 0 heterocycles. The molecule has 0 aliphatic carbocycles. The molecule has 1 unspecified atom stereocenters. The van der Waals surface area contributed by atoms with Gasteiger partial charge in [0.05, 0.1) is 37.6 Å². The SMILES string of the molecule is C=C(NCC(F)(F)F)[C@@H](C)NC(=O)c1ccc(/C=C/C(c2cc(Cl)c(Cl)c(Cl)c2)C(F)(F)F)cc1Cl. The largest absolute Gasteiger partial charge is 0.405 e. The van der Waals surface area contributed by atoms with Crippen LogP contribution in [-0.4, -0.2) is 30.8 Å². The van der Waals surface area contributed by atoms with Crippen molar-refractivity contribution >= 4 is 58.4 Å². The highest BCUT2D eigenvalue weighted by Crippen LogP contribution is 2.41. The second-order valence-electron chi connectivity index (χ2n) is 7.61. The summed E-state index contributed by atoms with van der Waals surface area (Å²) < 4.78 is 78.1. The van der Waals surface area contributed by atoms with Crippen LogP contribution in [0.1, 0.15) is 34.3 Å². The van der Waals surface area contributed by atoms with Gasteiger partial charge in [0.1, 0.15) is 6.54 Å². The number of allylic oxidation sites excluding steroid dienone is 1. The summed E-state index contributed by atoms with van der Waals surface area (Å²) in [6.07, 6.45) is -7.11. The summed E-state index contributed by atoms with van der Waals surface area (Å²) in [7, 11) is 0. The van der Waals surface area contributed by atoms with Crippen LogP contribution in [0.2, 0.25) is 20.1 Å². The van der Waals surface area contributed by atoms with Gasteiger partial charge < -0.3 is 10.6 Å². The highest BCUT2D eigenvalue weighted by molar-refractivity contribution is 6.48. The van der Waals surface area contributed by atoms with Crippen LogP contribution >= 0.6 is 46.4 Å². The number of alkyl halides is 6. The van der Waals surface area contributed by atoms with Crippen molar-refractivity contribution in [3.05, 3.63) is 85.5 Å². The number of carbonyl (C=O) groups is 1. The summed E-state index contributed by atoms with van der Waals surface area (Å²) in [5.74, 6) is -2.78. The molecule has 1 amide bonds. The maximum absolute atomic E-state index is 13.7. The Bertz CT molecular complexity index is 1140. The van der Waals surface area contributed by atoms with Crippen molar-refractivity contribution in [2.45, 2.75) is 31.2 Å². The molecule has 2 N–H and O–H groups in total. The van der Waals surface area contributed by atoms with Gasteiger partial charge in [-0.25, -0.2) is 0 Å². The smallest absolute Gasteiger partial charge is 0.379 e. The molecule has 0 aliphatic heterocycles. The molecule has 196 valence electrons. The second-order valence-corrected chi connectivity index (χ2v) is 9.20. The minimum absolute atomic E-state index is 0.0343. The predicted molar refractivity (Wildman–Crippen MR) is 131 cm³/mol. The quantitative estimate of drug-likeness (QED) is 0.238. The van der Waals surface area contributed by atoms with E-state index in [0.29, 0.717) is 0 Å². The lowest BCUT2D eigenvalue weighted by atomic mass is 9.97. The van der Waals surface area contributed by atoms with Crippen LogP contribution < -0.4 is 10.6 Å². The number of amides is 1. The molecular formula is C23H18Cl4F6N2O. The van der Waals surface area contributed by atoms with Crippen molar-refractivity contribution in [2.24, 2.45) is 0 Å². The van der Waals surface area contributed by atoms with Gasteiger partial charge >= 0.3 is 12.4 Å². The summed E-state index contributed by atoms with van der Waals surface area (Å²) in [4.78, 5) is 12.5. The van der Waals surface area contributed by atoms with E-state index in [-0.39, 0.29) is 42.5 Å². The third kappa shape index (κ3) is 8.50. The Morgan fingerprint density at radius 1 is 1.00 bits per heavy atom. The number of nitrogens with one attached hydrogen (secondary N) is 2. The zero-order chi connectivity index (χ0) is 27.4. The van der Waals surface area contributed by atoms with E-state index in [4.69, 9.17) is 46.4 Å². The van der Waals surface area contributed by atoms with Crippen LogP contribution in [0.5, 0.6) is 0 Å². The molecular weight excluding hydrogens is 576 g/mol. The molecule has 0 aliphatic rings. The van der Waals surface area contributed by atoms with Crippen molar-refractivity contribution in [2.75, 3.05) is 6.54 Å². The fourth-order valence-electron chi connectivity index (χ4n) is 2.92. The first-order chi connectivity index (χ1) is 16.5. The molecule has 0 aromatic heterocycles. The molecule has 2 aromatic carbocycles. The third-order valence-corrected chi connectivity index (χ3v) is 6.33. The van der Waals surface area contributed by atoms with Crippen molar-refractivity contribution in [1.82, 2.24) is 10.6 Å². The van der Waals surface area contributed by atoms with E-state index in [0.717, 1.165) is 24.3 Å². The zero-order valence-corrected chi connectivity index (χ0v) is 21.3. The van der Waals surface area contributed by atoms with E-state index >= 15 is 0 Å². The first kappa shape index (κ1) is 30.2. The molecule has 36 heavy (non-hydrogen) atoms. The zero-order valence-electron chi connectivity index (χ0n) is 18.3. The van der Waals surface area contributed by atoms with Gasteiger partial charge in [-0.05, 0) is 42.3 Å². The highest BCUT2D eigenvalue weighted by atomic mass is 35.5. The van der Waals surface area contributed by atoms with E-state index in [1.54, 1.807) is 0 Å². The van der Waals surface area contributed by atoms with E-state index in [1.807, 2.05) is 0 Å². The normalized spacial score (nSPS) is 14.0. The molecule has 0 saturated heterocycles. The average Bonchev–Trinajstić information content (AvgIpc) is 2.74. The van der Waals surface area contributed by atoms with Gasteiger partial charge in [-0.1, -0.05) is 71.2 Å². The molecule has 2 aromatic rings. The van der Waals surface area contributed by atoms with Gasteiger partial charge in [-0.3, -0.25) is 4.79 Å². The van der Waals surface area contributed by atoms with Gasteiger partial charge in [0.2, 0.25) is 0 Å². The van der Waals surface area contributed by atoms with E-state index in [2.05, 4.69) is 17.2 Å². The molecule has 0 saturated carbocycles. The molecule has 13 heteroatoms. The number of hydrogen-bond donors (Lipinski definition) is 2. The van der Waals surface area contributed by atoms with E-state index in [1.165, 1.54) is 25.1 Å². The monoisotopic (exact) mass is 592 g/mol. The average molecular weight is 594 g/mol.